The Bertz CT molecular complexity index is 543. The summed E-state index contributed by atoms with van der Waals surface area (Å²) in [7, 11) is 0. The van der Waals surface area contributed by atoms with Gasteiger partial charge in [0.15, 0.2) is 0 Å². The molecule has 1 aliphatic carbocycles. The summed E-state index contributed by atoms with van der Waals surface area (Å²) in [6, 6.07) is 17.2. The lowest BCUT2D eigenvalue weighted by Gasteiger charge is -2.08. The van der Waals surface area contributed by atoms with Crippen molar-refractivity contribution in [3.63, 3.8) is 0 Å². The standard InChI is InChI=1S/C17H19NO/c1-13-5-9-16(10-6-13)19-17-4-2-3-14(11-17)12-18-15-7-8-15/h2-6,9-11,15,18H,7-8,12H2,1H3. The minimum Gasteiger partial charge on any atom is -0.457 e. The van der Waals surface area contributed by atoms with Crippen LogP contribution in [0.1, 0.15) is 24.0 Å². The van der Waals surface area contributed by atoms with E-state index >= 15 is 0 Å². The third kappa shape index (κ3) is 3.58. The van der Waals surface area contributed by atoms with Gasteiger partial charge < -0.3 is 10.1 Å². The van der Waals surface area contributed by atoms with Crippen LogP contribution >= 0.6 is 0 Å². The van der Waals surface area contributed by atoms with Crippen LogP contribution in [0.5, 0.6) is 11.5 Å². The summed E-state index contributed by atoms with van der Waals surface area (Å²) < 4.78 is 5.87. The first-order valence-electron chi connectivity index (χ1n) is 6.86. The zero-order chi connectivity index (χ0) is 13.1. The highest BCUT2D eigenvalue weighted by Crippen LogP contribution is 2.23. The highest BCUT2D eigenvalue weighted by atomic mass is 16.5. The summed E-state index contributed by atoms with van der Waals surface area (Å²) in [5.41, 5.74) is 2.52. The first-order chi connectivity index (χ1) is 9.29. The summed E-state index contributed by atoms with van der Waals surface area (Å²) in [6.07, 6.45) is 2.64. The highest BCUT2D eigenvalue weighted by Gasteiger charge is 2.19. The van der Waals surface area contributed by atoms with Crippen LogP contribution in [0.2, 0.25) is 0 Å². The van der Waals surface area contributed by atoms with Gasteiger partial charge in [-0.1, -0.05) is 29.8 Å². The number of benzene rings is 2. The van der Waals surface area contributed by atoms with Crippen LogP contribution < -0.4 is 10.1 Å². The smallest absolute Gasteiger partial charge is 0.127 e. The Labute approximate surface area is 114 Å². The van der Waals surface area contributed by atoms with Crippen molar-refractivity contribution in [2.24, 2.45) is 0 Å². The van der Waals surface area contributed by atoms with Crippen LogP contribution in [-0.2, 0) is 6.54 Å². The van der Waals surface area contributed by atoms with Crippen molar-refractivity contribution in [2.45, 2.75) is 32.4 Å². The maximum absolute atomic E-state index is 5.87. The van der Waals surface area contributed by atoms with Crippen molar-refractivity contribution in [3.05, 3.63) is 59.7 Å². The lowest BCUT2D eigenvalue weighted by atomic mass is 10.2. The van der Waals surface area contributed by atoms with Gasteiger partial charge in [0, 0.05) is 12.6 Å². The molecule has 0 radical (unpaired) electrons. The average Bonchev–Trinajstić information content (AvgIpc) is 3.24. The van der Waals surface area contributed by atoms with Crippen molar-refractivity contribution in [2.75, 3.05) is 0 Å². The van der Waals surface area contributed by atoms with Gasteiger partial charge in [-0.25, -0.2) is 0 Å². The van der Waals surface area contributed by atoms with Crippen molar-refractivity contribution in [1.82, 2.24) is 5.32 Å². The number of ether oxygens (including phenoxy) is 1. The Morgan fingerprint density at radius 1 is 1.05 bits per heavy atom. The number of aryl methyl sites for hydroxylation is 1. The Morgan fingerprint density at radius 3 is 2.58 bits per heavy atom. The third-order valence-corrected chi connectivity index (χ3v) is 3.33. The van der Waals surface area contributed by atoms with E-state index in [9.17, 15) is 0 Å². The molecule has 0 spiro atoms. The van der Waals surface area contributed by atoms with Crippen LogP contribution in [0.15, 0.2) is 48.5 Å². The van der Waals surface area contributed by atoms with Crippen LogP contribution in [0.3, 0.4) is 0 Å². The van der Waals surface area contributed by atoms with E-state index in [1.165, 1.54) is 24.0 Å². The molecule has 0 aromatic heterocycles. The van der Waals surface area contributed by atoms with Crippen molar-refractivity contribution in [3.8, 4) is 11.5 Å². The second kappa shape index (κ2) is 5.45. The monoisotopic (exact) mass is 253 g/mol. The maximum atomic E-state index is 5.87. The Hall–Kier alpha value is -1.80. The zero-order valence-corrected chi connectivity index (χ0v) is 11.2. The Balaban J connectivity index is 1.66. The van der Waals surface area contributed by atoms with Gasteiger partial charge in [-0.2, -0.15) is 0 Å². The molecule has 0 bridgehead atoms. The van der Waals surface area contributed by atoms with Gasteiger partial charge in [0.05, 0.1) is 0 Å². The molecule has 19 heavy (non-hydrogen) atoms. The molecule has 0 aliphatic heterocycles. The molecule has 0 unspecified atom stereocenters. The fourth-order valence-corrected chi connectivity index (χ4v) is 2.01. The molecule has 2 nitrogen and oxygen atoms in total. The summed E-state index contributed by atoms with van der Waals surface area (Å²) in [4.78, 5) is 0. The van der Waals surface area contributed by atoms with E-state index in [0.29, 0.717) is 0 Å². The van der Waals surface area contributed by atoms with Gasteiger partial charge in [0.1, 0.15) is 11.5 Å². The Morgan fingerprint density at radius 2 is 1.84 bits per heavy atom. The molecule has 0 saturated heterocycles. The topological polar surface area (TPSA) is 21.3 Å². The Kier molecular flexibility index (Phi) is 3.51. The molecule has 3 rings (SSSR count). The fraction of sp³-hybridized carbons (Fsp3) is 0.294. The molecular weight excluding hydrogens is 234 g/mol. The van der Waals surface area contributed by atoms with E-state index in [1.807, 2.05) is 24.3 Å². The van der Waals surface area contributed by atoms with Crippen molar-refractivity contribution < 1.29 is 4.74 Å². The average molecular weight is 253 g/mol. The molecule has 1 N–H and O–H groups in total. The van der Waals surface area contributed by atoms with Crippen LogP contribution in [0, 0.1) is 6.92 Å². The van der Waals surface area contributed by atoms with Gasteiger partial charge in [-0.15, -0.1) is 0 Å². The summed E-state index contributed by atoms with van der Waals surface area (Å²) in [5.74, 6) is 1.79. The molecule has 1 fully saturated rings. The normalized spacial score (nSPS) is 14.4. The second-order valence-corrected chi connectivity index (χ2v) is 5.22. The highest BCUT2D eigenvalue weighted by molar-refractivity contribution is 5.35. The minimum atomic E-state index is 0.738. The number of nitrogens with one attached hydrogen (secondary N) is 1. The van der Waals surface area contributed by atoms with Gasteiger partial charge in [0.2, 0.25) is 0 Å². The lowest BCUT2D eigenvalue weighted by Crippen LogP contribution is -2.15. The van der Waals surface area contributed by atoms with E-state index in [4.69, 9.17) is 4.74 Å². The van der Waals surface area contributed by atoms with Gasteiger partial charge in [-0.05, 0) is 49.6 Å². The predicted octanol–water partition coefficient (Wildman–Crippen LogP) is 4.04. The number of rotatable bonds is 5. The van der Waals surface area contributed by atoms with E-state index in [1.54, 1.807) is 0 Å². The maximum Gasteiger partial charge on any atom is 0.127 e. The molecule has 1 aliphatic rings. The molecule has 0 heterocycles. The summed E-state index contributed by atoms with van der Waals surface area (Å²) >= 11 is 0. The second-order valence-electron chi connectivity index (χ2n) is 5.22. The minimum absolute atomic E-state index is 0.738. The molecule has 98 valence electrons. The van der Waals surface area contributed by atoms with Crippen LogP contribution in [-0.4, -0.2) is 6.04 Å². The lowest BCUT2D eigenvalue weighted by molar-refractivity contribution is 0.481. The van der Waals surface area contributed by atoms with E-state index in [2.05, 4.69) is 36.5 Å². The van der Waals surface area contributed by atoms with Crippen molar-refractivity contribution in [1.29, 1.82) is 0 Å². The largest absolute Gasteiger partial charge is 0.457 e. The van der Waals surface area contributed by atoms with E-state index < -0.39 is 0 Å². The molecule has 0 atom stereocenters. The SMILES string of the molecule is Cc1ccc(Oc2cccc(CNC3CC3)c2)cc1. The summed E-state index contributed by atoms with van der Waals surface area (Å²) in [5, 5.41) is 3.52. The van der Waals surface area contributed by atoms with Gasteiger partial charge in [-0.3, -0.25) is 0 Å². The first-order valence-corrected chi connectivity index (χ1v) is 6.86. The quantitative estimate of drug-likeness (QED) is 0.868. The molecule has 0 amide bonds. The van der Waals surface area contributed by atoms with Crippen molar-refractivity contribution >= 4 is 0 Å². The van der Waals surface area contributed by atoms with Gasteiger partial charge >= 0.3 is 0 Å². The summed E-state index contributed by atoms with van der Waals surface area (Å²) in [6.45, 7) is 3.00. The molecule has 1 saturated carbocycles. The number of hydrogen-bond acceptors (Lipinski definition) is 2. The van der Waals surface area contributed by atoms with Crippen LogP contribution in [0.25, 0.3) is 0 Å². The zero-order valence-electron chi connectivity index (χ0n) is 11.2. The first kappa shape index (κ1) is 12.2. The third-order valence-electron chi connectivity index (χ3n) is 3.33. The van der Waals surface area contributed by atoms with E-state index in [0.717, 1.165) is 24.1 Å². The predicted molar refractivity (Wildman–Crippen MR) is 77.6 cm³/mol. The van der Waals surface area contributed by atoms with E-state index in [-0.39, 0.29) is 0 Å². The molecule has 2 aromatic rings. The van der Waals surface area contributed by atoms with Crippen LogP contribution in [0.4, 0.5) is 0 Å². The number of hydrogen-bond donors (Lipinski definition) is 1. The molecular formula is C17H19NO. The molecule has 2 aromatic carbocycles. The molecule has 2 heteroatoms. The fourth-order valence-electron chi connectivity index (χ4n) is 2.01. The van der Waals surface area contributed by atoms with Gasteiger partial charge in [0.25, 0.3) is 0 Å².